The Bertz CT molecular complexity index is 347. The first kappa shape index (κ1) is 12.5. The Hall–Kier alpha value is -0.980. The van der Waals surface area contributed by atoms with E-state index in [0.717, 1.165) is 38.3 Å². The largest absolute Gasteiger partial charge is 0.383 e. The van der Waals surface area contributed by atoms with E-state index < -0.39 is 0 Å². The van der Waals surface area contributed by atoms with Gasteiger partial charge in [0.2, 0.25) is 0 Å². The number of nitrogens with zero attached hydrogens (tertiary/aromatic N) is 3. The summed E-state index contributed by atoms with van der Waals surface area (Å²) in [5.74, 6) is 0.406. The molecule has 0 aromatic carbocycles. The lowest BCUT2D eigenvalue weighted by atomic mass is 10.0. The first-order valence-corrected chi connectivity index (χ1v) is 6.05. The van der Waals surface area contributed by atoms with Crippen LogP contribution in [0.15, 0.2) is 0 Å². The monoisotopic (exact) mass is 240 g/mol. The number of methoxy groups -OCH3 is 1. The second kappa shape index (κ2) is 6.09. The Morgan fingerprint density at radius 2 is 2.47 bits per heavy atom. The van der Waals surface area contributed by atoms with Crippen LogP contribution in [0.25, 0.3) is 0 Å². The average molecular weight is 240 g/mol. The van der Waals surface area contributed by atoms with Crippen LogP contribution in [0, 0.1) is 0 Å². The maximum atomic E-state index is 5.60. The predicted molar refractivity (Wildman–Crippen MR) is 62.8 cm³/mol. The van der Waals surface area contributed by atoms with E-state index in [4.69, 9.17) is 15.2 Å². The van der Waals surface area contributed by atoms with Crippen molar-refractivity contribution in [2.75, 3.05) is 33.5 Å². The highest BCUT2D eigenvalue weighted by Gasteiger charge is 2.25. The van der Waals surface area contributed by atoms with Crippen LogP contribution >= 0.6 is 0 Å². The van der Waals surface area contributed by atoms with Crippen LogP contribution in [0.4, 0.5) is 0 Å². The van der Waals surface area contributed by atoms with E-state index in [1.807, 2.05) is 4.68 Å². The first-order chi connectivity index (χ1) is 8.36. The molecule has 1 atom stereocenters. The zero-order valence-electron chi connectivity index (χ0n) is 10.3. The fraction of sp³-hybridized carbons (Fsp3) is 0.818. The molecule has 6 nitrogen and oxygen atoms in total. The van der Waals surface area contributed by atoms with Crippen molar-refractivity contribution in [1.82, 2.24) is 15.0 Å². The van der Waals surface area contributed by atoms with E-state index in [0.29, 0.717) is 19.1 Å². The zero-order valence-corrected chi connectivity index (χ0v) is 10.3. The molecule has 96 valence electrons. The molecule has 0 saturated carbocycles. The van der Waals surface area contributed by atoms with Gasteiger partial charge in [-0.15, -0.1) is 5.10 Å². The molecule has 2 heterocycles. The first-order valence-electron chi connectivity index (χ1n) is 6.05. The molecule has 0 bridgehead atoms. The van der Waals surface area contributed by atoms with Gasteiger partial charge >= 0.3 is 0 Å². The SMILES string of the molecule is COCCn1nnc(CCN)c1C1CCOC1. The fourth-order valence-corrected chi connectivity index (χ4v) is 2.21. The molecule has 2 rings (SSSR count). The van der Waals surface area contributed by atoms with Crippen molar-refractivity contribution in [1.29, 1.82) is 0 Å². The van der Waals surface area contributed by atoms with E-state index in [-0.39, 0.29) is 0 Å². The fourth-order valence-electron chi connectivity index (χ4n) is 2.21. The number of hydrogen-bond acceptors (Lipinski definition) is 5. The normalized spacial score (nSPS) is 20.0. The third-order valence-electron chi connectivity index (χ3n) is 3.05. The van der Waals surface area contributed by atoms with Gasteiger partial charge in [-0.1, -0.05) is 5.21 Å². The van der Waals surface area contributed by atoms with Crippen molar-refractivity contribution < 1.29 is 9.47 Å². The summed E-state index contributed by atoms with van der Waals surface area (Å²) in [6.45, 7) is 3.57. The van der Waals surface area contributed by atoms with Gasteiger partial charge < -0.3 is 15.2 Å². The van der Waals surface area contributed by atoms with Crippen LogP contribution in [-0.4, -0.2) is 48.5 Å². The number of aromatic nitrogens is 3. The lowest BCUT2D eigenvalue weighted by Crippen LogP contribution is -2.15. The van der Waals surface area contributed by atoms with Gasteiger partial charge in [0.05, 0.1) is 31.1 Å². The zero-order chi connectivity index (χ0) is 12.1. The highest BCUT2D eigenvalue weighted by Crippen LogP contribution is 2.27. The predicted octanol–water partition coefficient (Wildman–Crippen LogP) is -0.0704. The van der Waals surface area contributed by atoms with Gasteiger partial charge in [0, 0.05) is 26.1 Å². The maximum absolute atomic E-state index is 5.60. The van der Waals surface area contributed by atoms with Crippen molar-refractivity contribution in [2.45, 2.75) is 25.3 Å². The Kier molecular flexibility index (Phi) is 4.47. The van der Waals surface area contributed by atoms with Crippen LogP contribution in [-0.2, 0) is 22.4 Å². The molecule has 0 spiro atoms. The molecule has 1 aromatic heterocycles. The van der Waals surface area contributed by atoms with E-state index in [2.05, 4.69) is 10.3 Å². The van der Waals surface area contributed by atoms with Gasteiger partial charge in [-0.05, 0) is 13.0 Å². The number of ether oxygens (including phenoxy) is 2. The molecule has 1 unspecified atom stereocenters. The van der Waals surface area contributed by atoms with Crippen molar-refractivity contribution in [3.63, 3.8) is 0 Å². The summed E-state index contributed by atoms with van der Waals surface area (Å²) in [4.78, 5) is 0. The number of hydrogen-bond donors (Lipinski definition) is 1. The second-order valence-corrected chi connectivity index (χ2v) is 4.24. The van der Waals surface area contributed by atoms with E-state index >= 15 is 0 Å². The molecule has 1 aliphatic rings. The van der Waals surface area contributed by atoms with Crippen molar-refractivity contribution >= 4 is 0 Å². The Morgan fingerprint density at radius 1 is 1.59 bits per heavy atom. The van der Waals surface area contributed by atoms with Gasteiger partial charge in [0.25, 0.3) is 0 Å². The highest BCUT2D eigenvalue weighted by molar-refractivity contribution is 5.17. The molecule has 1 fully saturated rings. The molecule has 1 aromatic rings. The van der Waals surface area contributed by atoms with E-state index in [1.165, 1.54) is 5.69 Å². The van der Waals surface area contributed by atoms with E-state index in [1.54, 1.807) is 7.11 Å². The van der Waals surface area contributed by atoms with Crippen LogP contribution in [0.1, 0.15) is 23.7 Å². The minimum atomic E-state index is 0.406. The minimum Gasteiger partial charge on any atom is -0.383 e. The number of nitrogens with two attached hydrogens (primary N) is 1. The summed E-state index contributed by atoms with van der Waals surface area (Å²) in [5, 5.41) is 8.42. The van der Waals surface area contributed by atoms with Gasteiger partial charge in [-0.25, -0.2) is 4.68 Å². The van der Waals surface area contributed by atoms with Gasteiger partial charge in [0.15, 0.2) is 0 Å². The summed E-state index contributed by atoms with van der Waals surface area (Å²) in [5.41, 5.74) is 7.80. The van der Waals surface area contributed by atoms with Crippen molar-refractivity contribution in [3.8, 4) is 0 Å². The molecule has 1 saturated heterocycles. The van der Waals surface area contributed by atoms with Crippen LogP contribution in [0.5, 0.6) is 0 Å². The molecule has 1 aliphatic heterocycles. The summed E-state index contributed by atoms with van der Waals surface area (Å²) >= 11 is 0. The molecular formula is C11H20N4O2. The smallest absolute Gasteiger partial charge is 0.0875 e. The molecule has 2 N–H and O–H groups in total. The molecule has 6 heteroatoms. The summed E-state index contributed by atoms with van der Waals surface area (Å²) < 4.78 is 12.5. The molecule has 17 heavy (non-hydrogen) atoms. The lowest BCUT2D eigenvalue weighted by molar-refractivity contribution is 0.178. The maximum Gasteiger partial charge on any atom is 0.0875 e. The van der Waals surface area contributed by atoms with Gasteiger partial charge in [-0.2, -0.15) is 0 Å². The summed E-state index contributed by atoms with van der Waals surface area (Å²) in [7, 11) is 1.69. The van der Waals surface area contributed by atoms with Crippen LogP contribution < -0.4 is 5.73 Å². The molecule has 0 radical (unpaired) electrons. The lowest BCUT2D eigenvalue weighted by Gasteiger charge is -2.12. The molecule has 0 aliphatic carbocycles. The summed E-state index contributed by atoms with van der Waals surface area (Å²) in [6, 6.07) is 0. The number of rotatable bonds is 6. The summed E-state index contributed by atoms with van der Waals surface area (Å²) in [6.07, 6.45) is 1.82. The standard InChI is InChI=1S/C11H20N4O2/c1-16-7-5-15-11(9-3-6-17-8-9)10(2-4-12)13-14-15/h9H,2-8,12H2,1H3. The van der Waals surface area contributed by atoms with Crippen LogP contribution in [0.2, 0.25) is 0 Å². The topological polar surface area (TPSA) is 75.2 Å². The third-order valence-corrected chi connectivity index (χ3v) is 3.05. The van der Waals surface area contributed by atoms with Gasteiger partial charge in [0.1, 0.15) is 0 Å². The van der Waals surface area contributed by atoms with Gasteiger partial charge in [-0.3, -0.25) is 0 Å². The Morgan fingerprint density at radius 3 is 3.12 bits per heavy atom. The average Bonchev–Trinajstić information content (AvgIpc) is 2.95. The Labute approximate surface area is 101 Å². The van der Waals surface area contributed by atoms with Crippen molar-refractivity contribution in [3.05, 3.63) is 11.4 Å². The van der Waals surface area contributed by atoms with Crippen molar-refractivity contribution in [2.24, 2.45) is 5.73 Å². The molecular weight excluding hydrogens is 220 g/mol. The minimum absolute atomic E-state index is 0.406. The Balaban J connectivity index is 2.18. The van der Waals surface area contributed by atoms with E-state index in [9.17, 15) is 0 Å². The molecule has 0 amide bonds. The van der Waals surface area contributed by atoms with Crippen LogP contribution in [0.3, 0.4) is 0 Å². The highest BCUT2D eigenvalue weighted by atomic mass is 16.5. The quantitative estimate of drug-likeness (QED) is 0.753. The third kappa shape index (κ3) is 2.83. The second-order valence-electron chi connectivity index (χ2n) is 4.24.